The summed E-state index contributed by atoms with van der Waals surface area (Å²) in [7, 11) is 0. The van der Waals surface area contributed by atoms with Crippen LogP contribution in [0.1, 0.15) is 23.6 Å². The van der Waals surface area contributed by atoms with Crippen LogP contribution in [0.15, 0.2) is 47.4 Å². The number of nitrogens with two attached hydrogens (primary N) is 1. The maximum Gasteiger partial charge on any atom is 0.0449 e. The van der Waals surface area contributed by atoms with Crippen LogP contribution in [-0.2, 0) is 12.2 Å². The fraction of sp³-hybridized carbons (Fsp3) is 0.294. The highest BCUT2D eigenvalue weighted by Gasteiger charge is 2.10. The quantitative estimate of drug-likeness (QED) is 0.801. The summed E-state index contributed by atoms with van der Waals surface area (Å²) >= 11 is 8.15. The van der Waals surface area contributed by atoms with Crippen LogP contribution in [0.3, 0.4) is 0 Å². The molecule has 0 saturated carbocycles. The fourth-order valence-electron chi connectivity index (χ4n) is 2.12. The first-order chi connectivity index (χ1) is 9.58. The Bertz CT molecular complexity index is 581. The summed E-state index contributed by atoms with van der Waals surface area (Å²) in [6, 6.07) is 14.7. The van der Waals surface area contributed by atoms with Crippen LogP contribution in [-0.4, -0.2) is 6.04 Å². The number of hydrogen-bond donors (Lipinski definition) is 1. The molecule has 0 aliphatic rings. The Morgan fingerprint density at radius 3 is 2.60 bits per heavy atom. The summed E-state index contributed by atoms with van der Waals surface area (Å²) in [6.45, 7) is 4.16. The minimum Gasteiger partial charge on any atom is -0.328 e. The van der Waals surface area contributed by atoms with Gasteiger partial charge in [0.2, 0.25) is 0 Å². The first-order valence-corrected chi connectivity index (χ1v) is 8.14. The third kappa shape index (κ3) is 4.02. The minimum absolute atomic E-state index is 0.118. The lowest BCUT2D eigenvalue weighted by atomic mass is 10.1. The van der Waals surface area contributed by atoms with Crippen LogP contribution in [0.5, 0.6) is 0 Å². The lowest BCUT2D eigenvalue weighted by molar-refractivity contribution is 0.729. The Kier molecular flexibility index (Phi) is 5.53. The van der Waals surface area contributed by atoms with Gasteiger partial charge in [-0.3, -0.25) is 0 Å². The van der Waals surface area contributed by atoms with Crippen molar-refractivity contribution in [1.29, 1.82) is 0 Å². The van der Waals surface area contributed by atoms with E-state index in [2.05, 4.69) is 37.3 Å². The van der Waals surface area contributed by atoms with E-state index in [-0.39, 0.29) is 6.04 Å². The second-order valence-electron chi connectivity index (χ2n) is 5.11. The summed E-state index contributed by atoms with van der Waals surface area (Å²) < 4.78 is 0. The lowest BCUT2D eigenvalue weighted by Crippen LogP contribution is -2.18. The van der Waals surface area contributed by atoms with E-state index in [0.717, 1.165) is 17.2 Å². The van der Waals surface area contributed by atoms with Gasteiger partial charge < -0.3 is 5.73 Å². The van der Waals surface area contributed by atoms with E-state index < -0.39 is 0 Å². The summed E-state index contributed by atoms with van der Waals surface area (Å²) in [5.41, 5.74) is 9.79. The molecule has 0 spiro atoms. The standard InChI is InChI=1S/C17H20ClNS/c1-12-6-3-4-7-14(12)11-20-17-9-5-8-16(18)15(17)10-13(2)19/h3-9,13H,10-11,19H2,1-2H3. The molecule has 0 saturated heterocycles. The smallest absolute Gasteiger partial charge is 0.0449 e. The van der Waals surface area contributed by atoms with E-state index in [1.165, 1.54) is 21.6 Å². The largest absolute Gasteiger partial charge is 0.328 e. The second-order valence-corrected chi connectivity index (χ2v) is 6.54. The van der Waals surface area contributed by atoms with Crippen molar-refractivity contribution >= 4 is 23.4 Å². The average molecular weight is 306 g/mol. The zero-order valence-electron chi connectivity index (χ0n) is 11.9. The van der Waals surface area contributed by atoms with E-state index in [1.807, 2.05) is 30.8 Å². The molecular weight excluding hydrogens is 286 g/mol. The first-order valence-electron chi connectivity index (χ1n) is 6.78. The van der Waals surface area contributed by atoms with Gasteiger partial charge >= 0.3 is 0 Å². The molecule has 1 atom stereocenters. The molecule has 0 aromatic heterocycles. The molecule has 1 nitrogen and oxygen atoms in total. The van der Waals surface area contributed by atoms with E-state index in [1.54, 1.807) is 0 Å². The second kappa shape index (κ2) is 7.16. The minimum atomic E-state index is 0.118. The number of hydrogen-bond acceptors (Lipinski definition) is 2. The molecule has 0 aliphatic carbocycles. The maximum atomic E-state index is 6.32. The average Bonchev–Trinajstić information content (AvgIpc) is 2.41. The number of aryl methyl sites for hydroxylation is 1. The van der Waals surface area contributed by atoms with Crippen LogP contribution in [0.2, 0.25) is 5.02 Å². The molecule has 0 fully saturated rings. The molecule has 2 rings (SSSR count). The highest BCUT2D eigenvalue weighted by molar-refractivity contribution is 7.98. The van der Waals surface area contributed by atoms with E-state index in [4.69, 9.17) is 17.3 Å². The van der Waals surface area contributed by atoms with Crippen molar-refractivity contribution in [3.8, 4) is 0 Å². The van der Waals surface area contributed by atoms with Crippen molar-refractivity contribution in [2.45, 2.75) is 37.0 Å². The van der Waals surface area contributed by atoms with Crippen molar-refractivity contribution in [2.75, 3.05) is 0 Å². The molecule has 0 bridgehead atoms. The lowest BCUT2D eigenvalue weighted by Gasteiger charge is -2.13. The number of halogens is 1. The highest BCUT2D eigenvalue weighted by atomic mass is 35.5. The van der Waals surface area contributed by atoms with Crippen molar-refractivity contribution in [2.24, 2.45) is 5.73 Å². The van der Waals surface area contributed by atoms with Gasteiger partial charge in [0.15, 0.2) is 0 Å². The summed E-state index contributed by atoms with van der Waals surface area (Å²) in [5, 5.41) is 0.817. The van der Waals surface area contributed by atoms with Crippen molar-refractivity contribution in [1.82, 2.24) is 0 Å². The van der Waals surface area contributed by atoms with Gasteiger partial charge in [0.1, 0.15) is 0 Å². The Morgan fingerprint density at radius 2 is 1.90 bits per heavy atom. The molecule has 0 aliphatic heterocycles. The number of benzene rings is 2. The van der Waals surface area contributed by atoms with Gasteiger partial charge in [0.25, 0.3) is 0 Å². The number of thioether (sulfide) groups is 1. The molecule has 106 valence electrons. The normalized spacial score (nSPS) is 12.4. The Balaban J connectivity index is 2.17. The third-order valence-corrected chi connectivity index (χ3v) is 4.75. The van der Waals surface area contributed by atoms with Gasteiger partial charge in [0.05, 0.1) is 0 Å². The molecule has 3 heteroatoms. The zero-order valence-corrected chi connectivity index (χ0v) is 13.5. The molecule has 2 aromatic rings. The predicted octanol–water partition coefficient (Wildman–Crippen LogP) is 4.83. The first kappa shape index (κ1) is 15.4. The molecule has 1 unspecified atom stereocenters. The summed E-state index contributed by atoms with van der Waals surface area (Å²) in [5.74, 6) is 0.957. The van der Waals surface area contributed by atoms with Crippen LogP contribution >= 0.6 is 23.4 Å². The predicted molar refractivity (Wildman–Crippen MR) is 89.5 cm³/mol. The van der Waals surface area contributed by atoms with E-state index in [0.29, 0.717) is 0 Å². The van der Waals surface area contributed by atoms with Crippen LogP contribution in [0, 0.1) is 6.92 Å². The zero-order chi connectivity index (χ0) is 14.5. The molecule has 2 N–H and O–H groups in total. The topological polar surface area (TPSA) is 26.0 Å². The van der Waals surface area contributed by atoms with Gasteiger partial charge in [-0.25, -0.2) is 0 Å². The SMILES string of the molecule is Cc1ccccc1CSc1cccc(Cl)c1CC(C)N. The molecular formula is C17H20ClNS. The molecule has 20 heavy (non-hydrogen) atoms. The van der Waals surface area contributed by atoms with Crippen LogP contribution in [0.4, 0.5) is 0 Å². The summed E-state index contributed by atoms with van der Waals surface area (Å²) in [4.78, 5) is 1.23. The molecule has 2 aromatic carbocycles. The van der Waals surface area contributed by atoms with Gasteiger partial charge in [0, 0.05) is 21.7 Å². The molecule has 0 radical (unpaired) electrons. The molecule has 0 amide bonds. The van der Waals surface area contributed by atoms with Gasteiger partial charge in [-0.05, 0) is 49.1 Å². The monoisotopic (exact) mass is 305 g/mol. The van der Waals surface area contributed by atoms with E-state index >= 15 is 0 Å². The Labute approximate surface area is 130 Å². The van der Waals surface area contributed by atoms with Gasteiger partial charge in [-0.1, -0.05) is 41.9 Å². The van der Waals surface area contributed by atoms with Crippen molar-refractivity contribution < 1.29 is 0 Å². The van der Waals surface area contributed by atoms with Crippen molar-refractivity contribution in [3.05, 3.63) is 64.2 Å². The Morgan fingerprint density at radius 1 is 1.15 bits per heavy atom. The third-order valence-electron chi connectivity index (χ3n) is 3.25. The molecule has 0 heterocycles. The fourth-order valence-corrected chi connectivity index (χ4v) is 3.61. The summed E-state index contributed by atoms with van der Waals surface area (Å²) in [6.07, 6.45) is 0.815. The maximum absolute atomic E-state index is 6.32. The van der Waals surface area contributed by atoms with Crippen LogP contribution in [0.25, 0.3) is 0 Å². The van der Waals surface area contributed by atoms with Crippen molar-refractivity contribution in [3.63, 3.8) is 0 Å². The van der Waals surface area contributed by atoms with Gasteiger partial charge in [-0.15, -0.1) is 11.8 Å². The Hall–Kier alpha value is -0.960. The highest BCUT2D eigenvalue weighted by Crippen LogP contribution is 2.32. The van der Waals surface area contributed by atoms with Gasteiger partial charge in [-0.2, -0.15) is 0 Å². The van der Waals surface area contributed by atoms with E-state index in [9.17, 15) is 0 Å². The van der Waals surface area contributed by atoms with Crippen LogP contribution < -0.4 is 5.73 Å². The number of rotatable bonds is 5.